The van der Waals surface area contributed by atoms with E-state index in [0.29, 0.717) is 37.0 Å². The topological polar surface area (TPSA) is 67.8 Å². The number of benzene rings is 1. The summed E-state index contributed by atoms with van der Waals surface area (Å²) in [5.74, 6) is 0.939. The van der Waals surface area contributed by atoms with Crippen LogP contribution in [-0.4, -0.2) is 44.0 Å². The van der Waals surface area contributed by atoms with Gasteiger partial charge in [-0.3, -0.25) is 4.79 Å². The van der Waals surface area contributed by atoms with E-state index in [1.807, 2.05) is 6.07 Å². The van der Waals surface area contributed by atoms with E-state index >= 15 is 0 Å². The maximum Gasteiger partial charge on any atom is 0.251 e. The molecule has 0 heterocycles. The van der Waals surface area contributed by atoms with Gasteiger partial charge in [0.1, 0.15) is 12.4 Å². The molecule has 1 aliphatic carbocycles. The third-order valence-corrected chi connectivity index (χ3v) is 3.72. The van der Waals surface area contributed by atoms with Crippen molar-refractivity contribution < 1.29 is 19.4 Å². The molecule has 116 valence electrons. The molecule has 21 heavy (non-hydrogen) atoms. The summed E-state index contributed by atoms with van der Waals surface area (Å²) in [6.45, 7) is 1.59. The number of hydrogen-bond acceptors (Lipinski definition) is 4. The van der Waals surface area contributed by atoms with Crippen molar-refractivity contribution in [3.05, 3.63) is 29.8 Å². The van der Waals surface area contributed by atoms with Gasteiger partial charge >= 0.3 is 0 Å². The predicted molar refractivity (Wildman–Crippen MR) is 79.5 cm³/mol. The lowest BCUT2D eigenvalue weighted by Gasteiger charge is -2.12. The standard InChI is InChI=1S/C16H23NO4/c1-20-7-8-21-15-4-2-3-13(10-15)16(19)17-11-12-5-6-14(18)9-12/h2-4,10,12,14,18H,5-9,11H2,1H3,(H,17,19). The van der Waals surface area contributed by atoms with E-state index < -0.39 is 0 Å². The Morgan fingerprint density at radius 1 is 1.38 bits per heavy atom. The van der Waals surface area contributed by atoms with Gasteiger partial charge in [-0.2, -0.15) is 0 Å². The lowest BCUT2D eigenvalue weighted by Crippen LogP contribution is -2.28. The second-order valence-electron chi connectivity index (χ2n) is 5.41. The zero-order valence-corrected chi connectivity index (χ0v) is 12.4. The molecule has 5 heteroatoms. The first-order chi connectivity index (χ1) is 10.2. The number of amides is 1. The van der Waals surface area contributed by atoms with Crippen LogP contribution in [0, 0.1) is 5.92 Å². The SMILES string of the molecule is COCCOc1cccc(C(=O)NCC2CCC(O)C2)c1. The number of aliphatic hydroxyl groups excluding tert-OH is 1. The minimum absolute atomic E-state index is 0.103. The highest BCUT2D eigenvalue weighted by Gasteiger charge is 2.23. The number of carbonyl (C=O) groups is 1. The maximum atomic E-state index is 12.1. The van der Waals surface area contributed by atoms with Crippen LogP contribution < -0.4 is 10.1 Å². The summed E-state index contributed by atoms with van der Waals surface area (Å²) in [6.07, 6.45) is 2.38. The van der Waals surface area contributed by atoms with Gasteiger partial charge in [-0.05, 0) is 43.4 Å². The van der Waals surface area contributed by atoms with Crippen LogP contribution in [0.2, 0.25) is 0 Å². The summed E-state index contributed by atoms with van der Waals surface area (Å²) in [5.41, 5.74) is 0.587. The Morgan fingerprint density at radius 3 is 2.95 bits per heavy atom. The Bertz CT molecular complexity index is 463. The van der Waals surface area contributed by atoms with Gasteiger partial charge in [-0.15, -0.1) is 0 Å². The molecule has 1 fully saturated rings. The van der Waals surface area contributed by atoms with Crippen LogP contribution in [0.5, 0.6) is 5.75 Å². The molecule has 0 aromatic heterocycles. The highest BCUT2D eigenvalue weighted by molar-refractivity contribution is 5.94. The monoisotopic (exact) mass is 293 g/mol. The Balaban J connectivity index is 1.82. The molecule has 1 aromatic rings. The second-order valence-corrected chi connectivity index (χ2v) is 5.41. The van der Waals surface area contributed by atoms with E-state index in [4.69, 9.17) is 9.47 Å². The zero-order valence-electron chi connectivity index (χ0n) is 12.4. The Hall–Kier alpha value is -1.59. The van der Waals surface area contributed by atoms with Crippen molar-refractivity contribution in [3.63, 3.8) is 0 Å². The molecule has 5 nitrogen and oxygen atoms in total. The lowest BCUT2D eigenvalue weighted by molar-refractivity contribution is 0.0944. The van der Waals surface area contributed by atoms with Crippen molar-refractivity contribution in [2.24, 2.45) is 5.92 Å². The number of nitrogens with one attached hydrogen (secondary N) is 1. The van der Waals surface area contributed by atoms with Gasteiger partial charge in [0.05, 0.1) is 12.7 Å². The molecule has 0 bridgehead atoms. The average molecular weight is 293 g/mol. The fourth-order valence-electron chi connectivity index (χ4n) is 2.54. The Morgan fingerprint density at radius 2 is 2.24 bits per heavy atom. The molecule has 0 aliphatic heterocycles. The number of rotatable bonds is 7. The number of ether oxygens (including phenoxy) is 2. The van der Waals surface area contributed by atoms with Crippen molar-refractivity contribution in [1.29, 1.82) is 0 Å². The fraction of sp³-hybridized carbons (Fsp3) is 0.562. The minimum Gasteiger partial charge on any atom is -0.491 e. The van der Waals surface area contributed by atoms with Crippen LogP contribution in [0.4, 0.5) is 0 Å². The van der Waals surface area contributed by atoms with Gasteiger partial charge in [0.15, 0.2) is 0 Å². The normalized spacial score (nSPS) is 21.2. The smallest absolute Gasteiger partial charge is 0.251 e. The summed E-state index contributed by atoms with van der Waals surface area (Å²) in [6, 6.07) is 7.12. The van der Waals surface area contributed by atoms with Crippen LogP contribution in [0.25, 0.3) is 0 Å². The molecule has 0 radical (unpaired) electrons. The summed E-state index contributed by atoms with van der Waals surface area (Å²) < 4.78 is 10.4. The Labute approximate surface area is 125 Å². The van der Waals surface area contributed by atoms with Gasteiger partial charge in [0.25, 0.3) is 5.91 Å². The minimum atomic E-state index is -0.204. The molecule has 1 saturated carbocycles. The van der Waals surface area contributed by atoms with Crippen LogP contribution in [0.3, 0.4) is 0 Å². The largest absolute Gasteiger partial charge is 0.491 e. The van der Waals surface area contributed by atoms with Crippen molar-refractivity contribution in [2.75, 3.05) is 26.9 Å². The van der Waals surface area contributed by atoms with Gasteiger partial charge in [0.2, 0.25) is 0 Å². The van der Waals surface area contributed by atoms with E-state index in [-0.39, 0.29) is 12.0 Å². The molecule has 2 unspecified atom stereocenters. The number of methoxy groups -OCH3 is 1. The molecule has 0 spiro atoms. The molecule has 0 saturated heterocycles. The van der Waals surface area contributed by atoms with E-state index in [0.717, 1.165) is 19.3 Å². The first kappa shape index (κ1) is 15.8. The van der Waals surface area contributed by atoms with Crippen LogP contribution in [0.15, 0.2) is 24.3 Å². The number of hydrogen-bond donors (Lipinski definition) is 2. The Kier molecular flexibility index (Phi) is 6.02. The maximum absolute atomic E-state index is 12.1. The van der Waals surface area contributed by atoms with Gasteiger partial charge in [-0.1, -0.05) is 6.07 Å². The molecular weight excluding hydrogens is 270 g/mol. The summed E-state index contributed by atoms with van der Waals surface area (Å²) in [5, 5.41) is 12.4. The van der Waals surface area contributed by atoms with Gasteiger partial charge < -0.3 is 19.9 Å². The third-order valence-electron chi connectivity index (χ3n) is 3.72. The van der Waals surface area contributed by atoms with E-state index in [1.54, 1.807) is 25.3 Å². The molecule has 2 rings (SSSR count). The van der Waals surface area contributed by atoms with Crippen molar-refractivity contribution in [3.8, 4) is 5.75 Å². The highest BCUT2D eigenvalue weighted by atomic mass is 16.5. The van der Waals surface area contributed by atoms with E-state index in [1.165, 1.54) is 0 Å². The highest BCUT2D eigenvalue weighted by Crippen LogP contribution is 2.24. The first-order valence-corrected chi connectivity index (χ1v) is 7.37. The lowest BCUT2D eigenvalue weighted by atomic mass is 10.1. The van der Waals surface area contributed by atoms with E-state index in [2.05, 4.69) is 5.32 Å². The number of carbonyl (C=O) groups excluding carboxylic acids is 1. The van der Waals surface area contributed by atoms with Crippen molar-refractivity contribution in [2.45, 2.75) is 25.4 Å². The molecule has 2 N–H and O–H groups in total. The molecule has 2 atom stereocenters. The van der Waals surface area contributed by atoms with E-state index in [9.17, 15) is 9.90 Å². The fourth-order valence-corrected chi connectivity index (χ4v) is 2.54. The van der Waals surface area contributed by atoms with Crippen LogP contribution in [-0.2, 0) is 4.74 Å². The summed E-state index contributed by atoms with van der Waals surface area (Å²) >= 11 is 0. The van der Waals surface area contributed by atoms with Crippen molar-refractivity contribution in [1.82, 2.24) is 5.32 Å². The van der Waals surface area contributed by atoms with Gasteiger partial charge in [-0.25, -0.2) is 0 Å². The van der Waals surface area contributed by atoms with Crippen LogP contribution in [0.1, 0.15) is 29.6 Å². The first-order valence-electron chi connectivity index (χ1n) is 7.37. The molecule has 1 aromatic carbocycles. The molecular formula is C16H23NO4. The predicted octanol–water partition coefficient (Wildman–Crippen LogP) is 1.60. The second kappa shape index (κ2) is 8.00. The third kappa shape index (κ3) is 5.02. The van der Waals surface area contributed by atoms with Crippen molar-refractivity contribution >= 4 is 5.91 Å². The summed E-state index contributed by atoms with van der Waals surface area (Å²) in [4.78, 5) is 12.1. The average Bonchev–Trinajstić information content (AvgIpc) is 2.91. The zero-order chi connectivity index (χ0) is 15.1. The quantitative estimate of drug-likeness (QED) is 0.749. The molecule has 1 amide bonds. The molecule has 1 aliphatic rings. The number of aliphatic hydroxyl groups is 1. The van der Waals surface area contributed by atoms with Crippen LogP contribution >= 0.6 is 0 Å². The van der Waals surface area contributed by atoms with Gasteiger partial charge in [0, 0.05) is 19.2 Å². The summed E-state index contributed by atoms with van der Waals surface area (Å²) in [7, 11) is 1.62.